The first-order chi connectivity index (χ1) is 16.5. The molecule has 1 amide bonds. The summed E-state index contributed by atoms with van der Waals surface area (Å²) in [5.74, 6) is 1.01. The normalized spacial score (nSPS) is 10.9. The van der Waals surface area contributed by atoms with Gasteiger partial charge in [0, 0.05) is 11.3 Å². The summed E-state index contributed by atoms with van der Waals surface area (Å²) in [6, 6.07) is 29.6. The highest BCUT2D eigenvalue weighted by atomic mass is 16.5. The largest absolute Gasteiger partial charge is 0.483 e. The summed E-state index contributed by atoms with van der Waals surface area (Å²) in [7, 11) is 0. The average molecular weight is 449 g/mol. The quantitative estimate of drug-likeness (QED) is 0.310. The zero-order chi connectivity index (χ0) is 23.5. The van der Waals surface area contributed by atoms with Crippen LogP contribution < -0.4 is 10.1 Å². The van der Waals surface area contributed by atoms with Crippen molar-refractivity contribution >= 4 is 22.7 Å². The van der Waals surface area contributed by atoms with Gasteiger partial charge in [0.25, 0.3) is 5.91 Å². The van der Waals surface area contributed by atoms with Crippen molar-refractivity contribution in [3.05, 3.63) is 102 Å². The second kappa shape index (κ2) is 9.24. The number of carbonyl (C=O) groups is 1. The van der Waals surface area contributed by atoms with E-state index in [2.05, 4.69) is 34.6 Å². The van der Waals surface area contributed by atoms with Gasteiger partial charge < -0.3 is 14.5 Å². The van der Waals surface area contributed by atoms with E-state index in [1.807, 2.05) is 68.4 Å². The van der Waals surface area contributed by atoms with Crippen LogP contribution >= 0.6 is 0 Å². The molecule has 0 saturated heterocycles. The minimum atomic E-state index is -0.237. The summed E-state index contributed by atoms with van der Waals surface area (Å²) < 4.78 is 11.6. The smallest absolute Gasteiger partial charge is 0.262 e. The lowest BCUT2D eigenvalue weighted by atomic mass is 10.0. The van der Waals surface area contributed by atoms with Crippen molar-refractivity contribution in [2.24, 2.45) is 0 Å². The number of benzene rings is 4. The number of nitrogens with one attached hydrogen (secondary N) is 1. The number of nitrogens with zero attached hydrogens (tertiary/aromatic N) is 1. The molecule has 0 saturated carbocycles. The number of aromatic nitrogens is 1. The van der Waals surface area contributed by atoms with Gasteiger partial charge in [-0.3, -0.25) is 4.79 Å². The van der Waals surface area contributed by atoms with Crippen molar-refractivity contribution in [1.29, 1.82) is 0 Å². The van der Waals surface area contributed by atoms with Crippen LogP contribution in [0.3, 0.4) is 0 Å². The van der Waals surface area contributed by atoms with E-state index in [9.17, 15) is 4.79 Å². The highest BCUT2D eigenvalue weighted by Crippen LogP contribution is 2.28. The van der Waals surface area contributed by atoms with Gasteiger partial charge >= 0.3 is 0 Å². The first-order valence-corrected chi connectivity index (χ1v) is 11.1. The van der Waals surface area contributed by atoms with Gasteiger partial charge in [-0.25, -0.2) is 4.98 Å². The first-order valence-electron chi connectivity index (χ1n) is 11.1. The molecule has 0 spiro atoms. The third kappa shape index (κ3) is 4.69. The monoisotopic (exact) mass is 448 g/mol. The van der Waals surface area contributed by atoms with Gasteiger partial charge in [-0.1, -0.05) is 60.2 Å². The van der Waals surface area contributed by atoms with Crippen molar-refractivity contribution in [2.75, 3.05) is 11.9 Å². The van der Waals surface area contributed by atoms with Crippen LogP contribution in [-0.2, 0) is 4.79 Å². The molecule has 0 aliphatic carbocycles. The first kappa shape index (κ1) is 21.5. The molecular weight excluding hydrogens is 424 g/mol. The van der Waals surface area contributed by atoms with Crippen LogP contribution in [-0.4, -0.2) is 17.5 Å². The SMILES string of the molecule is Cc1ccc(OCC(=O)Nc2ccc3oc(-c4ccc(-c5ccccc5)cc4)nc3c2)c(C)c1. The molecule has 0 atom stereocenters. The van der Waals surface area contributed by atoms with E-state index in [0.29, 0.717) is 28.4 Å². The molecule has 0 bridgehead atoms. The van der Waals surface area contributed by atoms with Gasteiger partial charge in [-0.05, 0) is 66.9 Å². The standard InChI is InChI=1S/C29H24N2O3/c1-19-8-14-26(20(2)16-19)33-18-28(32)30-24-13-15-27-25(17-24)31-29(34-27)23-11-9-22(10-12-23)21-6-4-3-5-7-21/h3-17H,18H2,1-2H3,(H,30,32). The number of hydrogen-bond acceptors (Lipinski definition) is 4. The number of fused-ring (bicyclic) bond motifs is 1. The molecule has 34 heavy (non-hydrogen) atoms. The van der Waals surface area contributed by atoms with Crippen molar-refractivity contribution < 1.29 is 13.9 Å². The second-order valence-electron chi connectivity index (χ2n) is 8.25. The predicted molar refractivity (Wildman–Crippen MR) is 135 cm³/mol. The number of amides is 1. The van der Waals surface area contributed by atoms with E-state index in [-0.39, 0.29) is 12.5 Å². The number of carbonyl (C=O) groups excluding carboxylic acids is 1. The van der Waals surface area contributed by atoms with Crippen molar-refractivity contribution in [1.82, 2.24) is 4.98 Å². The topological polar surface area (TPSA) is 64.4 Å². The highest BCUT2D eigenvalue weighted by Gasteiger charge is 2.11. The van der Waals surface area contributed by atoms with E-state index in [4.69, 9.17) is 9.15 Å². The number of anilines is 1. The maximum absolute atomic E-state index is 12.4. The van der Waals surface area contributed by atoms with Gasteiger partial charge in [-0.2, -0.15) is 0 Å². The van der Waals surface area contributed by atoms with Gasteiger partial charge in [0.05, 0.1) is 0 Å². The fraction of sp³-hybridized carbons (Fsp3) is 0.103. The van der Waals surface area contributed by atoms with Crippen LogP contribution in [0.4, 0.5) is 5.69 Å². The Morgan fingerprint density at radius 1 is 0.853 bits per heavy atom. The molecule has 5 nitrogen and oxygen atoms in total. The lowest BCUT2D eigenvalue weighted by Gasteiger charge is -2.10. The van der Waals surface area contributed by atoms with Crippen molar-refractivity contribution in [2.45, 2.75) is 13.8 Å². The Labute approximate surface area is 198 Å². The fourth-order valence-electron chi connectivity index (χ4n) is 3.87. The van der Waals surface area contributed by atoms with E-state index in [0.717, 1.165) is 27.8 Å². The molecule has 0 aliphatic heterocycles. The third-order valence-corrected chi connectivity index (χ3v) is 5.60. The molecule has 5 aromatic rings. The third-order valence-electron chi connectivity index (χ3n) is 5.60. The fourth-order valence-corrected chi connectivity index (χ4v) is 3.87. The van der Waals surface area contributed by atoms with Crippen LogP contribution in [0.5, 0.6) is 5.75 Å². The zero-order valence-electron chi connectivity index (χ0n) is 19.0. The number of oxazole rings is 1. The number of hydrogen-bond donors (Lipinski definition) is 1. The molecule has 0 aliphatic rings. The summed E-state index contributed by atoms with van der Waals surface area (Å²) in [5, 5.41) is 2.86. The summed E-state index contributed by atoms with van der Waals surface area (Å²) >= 11 is 0. The van der Waals surface area contributed by atoms with Crippen LogP contribution in [0.15, 0.2) is 95.4 Å². The van der Waals surface area contributed by atoms with E-state index in [1.54, 1.807) is 12.1 Å². The zero-order valence-corrected chi connectivity index (χ0v) is 19.0. The van der Waals surface area contributed by atoms with Crippen molar-refractivity contribution in [3.63, 3.8) is 0 Å². The summed E-state index contributed by atoms with van der Waals surface area (Å²) in [6.45, 7) is 3.92. The van der Waals surface area contributed by atoms with Crippen LogP contribution in [0, 0.1) is 13.8 Å². The van der Waals surface area contributed by atoms with Gasteiger partial charge in [0.2, 0.25) is 5.89 Å². The van der Waals surface area contributed by atoms with Gasteiger partial charge in [0.15, 0.2) is 12.2 Å². The number of ether oxygens (including phenoxy) is 1. The van der Waals surface area contributed by atoms with Gasteiger partial charge in [-0.15, -0.1) is 0 Å². The Hall–Kier alpha value is -4.38. The van der Waals surface area contributed by atoms with Crippen LogP contribution in [0.1, 0.15) is 11.1 Å². The Bertz CT molecular complexity index is 1450. The molecule has 168 valence electrons. The molecule has 0 radical (unpaired) electrons. The molecular formula is C29H24N2O3. The molecule has 0 unspecified atom stereocenters. The maximum Gasteiger partial charge on any atom is 0.262 e. The molecule has 5 rings (SSSR count). The average Bonchev–Trinajstić information content (AvgIpc) is 3.28. The van der Waals surface area contributed by atoms with Gasteiger partial charge in [0.1, 0.15) is 11.3 Å². The van der Waals surface area contributed by atoms with Crippen molar-refractivity contribution in [3.8, 4) is 28.3 Å². The maximum atomic E-state index is 12.4. The lowest BCUT2D eigenvalue weighted by molar-refractivity contribution is -0.118. The summed E-state index contributed by atoms with van der Waals surface area (Å²) in [4.78, 5) is 17.0. The highest BCUT2D eigenvalue weighted by molar-refractivity contribution is 5.94. The molecule has 0 fully saturated rings. The van der Waals surface area contributed by atoms with E-state index >= 15 is 0 Å². The molecule has 1 heterocycles. The number of aryl methyl sites for hydroxylation is 2. The number of rotatable bonds is 6. The lowest BCUT2D eigenvalue weighted by Crippen LogP contribution is -2.20. The van der Waals surface area contributed by atoms with Crippen LogP contribution in [0.2, 0.25) is 0 Å². The molecule has 4 aromatic carbocycles. The Kier molecular flexibility index (Phi) is 5.83. The summed E-state index contributed by atoms with van der Waals surface area (Å²) in [6.07, 6.45) is 0. The van der Waals surface area contributed by atoms with E-state index in [1.165, 1.54) is 0 Å². The Balaban J connectivity index is 1.27. The minimum Gasteiger partial charge on any atom is -0.483 e. The molecule has 1 aromatic heterocycles. The summed E-state index contributed by atoms with van der Waals surface area (Å²) in [5.41, 5.74) is 7.32. The van der Waals surface area contributed by atoms with Crippen LogP contribution in [0.25, 0.3) is 33.7 Å². The predicted octanol–water partition coefficient (Wildman–Crippen LogP) is 6.80. The molecule has 5 heteroatoms. The van der Waals surface area contributed by atoms with E-state index < -0.39 is 0 Å². The molecule has 1 N–H and O–H groups in total. The Morgan fingerprint density at radius 3 is 2.35 bits per heavy atom. The second-order valence-corrected chi connectivity index (χ2v) is 8.25. The Morgan fingerprint density at radius 2 is 1.59 bits per heavy atom. The minimum absolute atomic E-state index is 0.0697.